The van der Waals surface area contributed by atoms with Gasteiger partial charge in [0.05, 0.1) is 23.9 Å². The maximum Gasteiger partial charge on any atom is 0.409 e. The zero-order chi connectivity index (χ0) is 17.7. The van der Waals surface area contributed by atoms with Gasteiger partial charge in [-0.25, -0.2) is 4.79 Å². The lowest BCUT2D eigenvalue weighted by atomic mass is 10.1. The number of carbonyl (C=O) groups is 2. The highest BCUT2D eigenvalue weighted by atomic mass is 35.5. The smallest absolute Gasteiger partial charge is 0.409 e. The molecule has 132 valence electrons. The molecule has 1 saturated heterocycles. The van der Waals surface area contributed by atoms with Crippen LogP contribution in [0.15, 0.2) is 12.1 Å². The van der Waals surface area contributed by atoms with Crippen LogP contribution in [0.5, 0.6) is 0 Å². The van der Waals surface area contributed by atoms with Crippen molar-refractivity contribution in [1.29, 1.82) is 0 Å². The third-order valence-electron chi connectivity index (χ3n) is 4.01. The van der Waals surface area contributed by atoms with Crippen LogP contribution in [0.3, 0.4) is 0 Å². The first-order valence-electron chi connectivity index (χ1n) is 8.12. The molecule has 2 rings (SSSR count). The summed E-state index contributed by atoms with van der Waals surface area (Å²) in [6.45, 7) is 8.29. The molecule has 0 aliphatic carbocycles. The number of piperazine rings is 1. The van der Waals surface area contributed by atoms with Crippen LogP contribution in [-0.2, 0) is 9.53 Å². The largest absolute Gasteiger partial charge is 0.450 e. The molecule has 1 heterocycles. The summed E-state index contributed by atoms with van der Waals surface area (Å²) in [5.41, 5.74) is 2.89. The molecule has 1 aliphatic heterocycles. The summed E-state index contributed by atoms with van der Waals surface area (Å²) in [4.78, 5) is 27.4. The van der Waals surface area contributed by atoms with Gasteiger partial charge in [-0.3, -0.25) is 4.79 Å². The lowest BCUT2D eigenvalue weighted by Crippen LogP contribution is -2.51. The Bertz CT molecular complexity index is 590. The summed E-state index contributed by atoms with van der Waals surface area (Å²) in [7, 11) is 0. The van der Waals surface area contributed by atoms with E-state index in [0.717, 1.165) is 16.8 Å². The van der Waals surface area contributed by atoms with E-state index in [4.69, 9.17) is 16.3 Å². The highest BCUT2D eigenvalue weighted by molar-refractivity contribution is 6.33. The van der Waals surface area contributed by atoms with E-state index in [1.807, 2.05) is 26.0 Å². The molecule has 0 radical (unpaired) electrons. The van der Waals surface area contributed by atoms with E-state index in [2.05, 4.69) is 5.32 Å². The van der Waals surface area contributed by atoms with Gasteiger partial charge in [0.25, 0.3) is 0 Å². The van der Waals surface area contributed by atoms with Gasteiger partial charge in [-0.2, -0.15) is 0 Å². The van der Waals surface area contributed by atoms with Gasteiger partial charge in [-0.05, 0) is 38.0 Å². The summed E-state index contributed by atoms with van der Waals surface area (Å²) in [5.74, 6) is -0.00505. The number of nitrogens with zero attached hydrogens (tertiary/aromatic N) is 2. The number of aryl methyl sites for hydroxylation is 2. The lowest BCUT2D eigenvalue weighted by molar-refractivity contribution is -0.130. The van der Waals surface area contributed by atoms with Gasteiger partial charge < -0.3 is 19.9 Å². The molecule has 1 aromatic carbocycles. The Hall–Kier alpha value is -1.95. The molecule has 1 aliphatic rings. The molecule has 0 atom stereocenters. The van der Waals surface area contributed by atoms with Crippen LogP contribution in [0.1, 0.15) is 18.1 Å². The number of hydrogen-bond donors (Lipinski definition) is 1. The number of anilines is 1. The third-order valence-corrected chi connectivity index (χ3v) is 4.30. The summed E-state index contributed by atoms with van der Waals surface area (Å²) in [6, 6.07) is 3.90. The predicted octanol–water partition coefficient (Wildman–Crippen LogP) is 2.67. The first-order valence-corrected chi connectivity index (χ1v) is 8.50. The minimum Gasteiger partial charge on any atom is -0.450 e. The summed E-state index contributed by atoms with van der Waals surface area (Å²) in [6.07, 6.45) is -0.315. The molecule has 0 bridgehead atoms. The highest BCUT2D eigenvalue weighted by Gasteiger charge is 2.24. The lowest BCUT2D eigenvalue weighted by Gasteiger charge is -2.34. The average Bonchev–Trinajstić information content (AvgIpc) is 2.54. The molecule has 1 N–H and O–H groups in total. The normalized spacial score (nSPS) is 14.5. The Morgan fingerprint density at radius 3 is 2.38 bits per heavy atom. The van der Waals surface area contributed by atoms with Crippen molar-refractivity contribution in [2.45, 2.75) is 20.8 Å². The van der Waals surface area contributed by atoms with Gasteiger partial charge in [-0.15, -0.1) is 0 Å². The van der Waals surface area contributed by atoms with E-state index >= 15 is 0 Å². The van der Waals surface area contributed by atoms with Crippen molar-refractivity contribution >= 4 is 29.3 Å². The number of rotatable bonds is 4. The Balaban J connectivity index is 1.85. The van der Waals surface area contributed by atoms with E-state index in [0.29, 0.717) is 37.8 Å². The maximum atomic E-state index is 12.3. The number of hydrogen-bond acceptors (Lipinski definition) is 4. The van der Waals surface area contributed by atoms with Crippen LogP contribution < -0.4 is 5.32 Å². The molecular formula is C17H24ClN3O3. The summed E-state index contributed by atoms with van der Waals surface area (Å²) in [5, 5.41) is 3.75. The van der Waals surface area contributed by atoms with Crippen LogP contribution in [-0.4, -0.2) is 61.1 Å². The van der Waals surface area contributed by atoms with Crippen molar-refractivity contribution in [3.05, 3.63) is 28.3 Å². The van der Waals surface area contributed by atoms with E-state index < -0.39 is 0 Å². The van der Waals surface area contributed by atoms with Crippen molar-refractivity contribution in [3.63, 3.8) is 0 Å². The minimum absolute atomic E-state index is 0.00505. The first-order chi connectivity index (χ1) is 11.4. The molecule has 0 spiro atoms. The zero-order valence-corrected chi connectivity index (χ0v) is 15.2. The predicted molar refractivity (Wildman–Crippen MR) is 94.6 cm³/mol. The summed E-state index contributed by atoms with van der Waals surface area (Å²) < 4.78 is 4.97. The van der Waals surface area contributed by atoms with Crippen molar-refractivity contribution in [2.24, 2.45) is 0 Å². The number of carbonyl (C=O) groups excluding carboxylic acids is 2. The molecule has 0 saturated carbocycles. The van der Waals surface area contributed by atoms with Crippen LogP contribution in [0.2, 0.25) is 5.02 Å². The SMILES string of the molecule is CCOC(=O)N1CCN(C(=O)CNc2c(C)cc(C)cc2Cl)CC1. The second-order valence-electron chi connectivity index (χ2n) is 5.86. The fourth-order valence-electron chi connectivity index (χ4n) is 2.77. The number of benzene rings is 1. The van der Waals surface area contributed by atoms with Gasteiger partial charge in [0.1, 0.15) is 0 Å². The van der Waals surface area contributed by atoms with E-state index in [1.165, 1.54) is 0 Å². The molecule has 1 fully saturated rings. The van der Waals surface area contributed by atoms with Gasteiger partial charge in [0.15, 0.2) is 0 Å². The van der Waals surface area contributed by atoms with Gasteiger partial charge in [0.2, 0.25) is 5.91 Å². The second kappa shape index (κ2) is 8.24. The topological polar surface area (TPSA) is 61.9 Å². The van der Waals surface area contributed by atoms with Crippen LogP contribution in [0.25, 0.3) is 0 Å². The van der Waals surface area contributed by atoms with Crippen molar-refractivity contribution < 1.29 is 14.3 Å². The fraction of sp³-hybridized carbons (Fsp3) is 0.529. The Labute approximate surface area is 147 Å². The van der Waals surface area contributed by atoms with Crippen molar-refractivity contribution in [3.8, 4) is 0 Å². The minimum atomic E-state index is -0.315. The maximum absolute atomic E-state index is 12.3. The Kier molecular flexibility index (Phi) is 6.31. The van der Waals surface area contributed by atoms with E-state index in [9.17, 15) is 9.59 Å². The third kappa shape index (κ3) is 4.54. The van der Waals surface area contributed by atoms with Gasteiger partial charge >= 0.3 is 6.09 Å². The molecule has 7 heteroatoms. The summed E-state index contributed by atoms with van der Waals surface area (Å²) >= 11 is 6.24. The number of halogens is 1. The van der Waals surface area contributed by atoms with Crippen LogP contribution >= 0.6 is 11.6 Å². The standard InChI is InChI=1S/C17H24ClN3O3/c1-4-24-17(23)21-7-5-20(6-8-21)15(22)11-19-16-13(3)9-12(2)10-14(16)18/h9-10,19H,4-8,11H2,1-3H3. The molecule has 0 unspecified atom stereocenters. The van der Waals surface area contributed by atoms with E-state index in [1.54, 1.807) is 16.7 Å². The van der Waals surface area contributed by atoms with E-state index in [-0.39, 0.29) is 18.5 Å². The Morgan fingerprint density at radius 1 is 1.17 bits per heavy atom. The molecule has 24 heavy (non-hydrogen) atoms. The highest BCUT2D eigenvalue weighted by Crippen LogP contribution is 2.27. The van der Waals surface area contributed by atoms with Crippen LogP contribution in [0, 0.1) is 13.8 Å². The zero-order valence-electron chi connectivity index (χ0n) is 14.4. The Morgan fingerprint density at radius 2 is 1.79 bits per heavy atom. The monoisotopic (exact) mass is 353 g/mol. The fourth-order valence-corrected chi connectivity index (χ4v) is 3.16. The number of amides is 2. The van der Waals surface area contributed by atoms with Crippen LogP contribution in [0.4, 0.5) is 10.5 Å². The molecule has 6 nitrogen and oxygen atoms in total. The first kappa shape index (κ1) is 18.4. The molecular weight excluding hydrogens is 330 g/mol. The van der Waals surface area contributed by atoms with Gasteiger partial charge in [-0.1, -0.05) is 17.7 Å². The van der Waals surface area contributed by atoms with Gasteiger partial charge in [0, 0.05) is 26.2 Å². The molecule has 0 aromatic heterocycles. The number of ether oxygens (including phenoxy) is 1. The second-order valence-corrected chi connectivity index (χ2v) is 6.27. The quantitative estimate of drug-likeness (QED) is 0.904. The molecule has 2 amide bonds. The molecule has 1 aromatic rings. The average molecular weight is 354 g/mol. The van der Waals surface area contributed by atoms with Crippen molar-refractivity contribution in [1.82, 2.24) is 9.80 Å². The number of nitrogens with one attached hydrogen (secondary N) is 1. The van der Waals surface area contributed by atoms with Crippen molar-refractivity contribution in [2.75, 3.05) is 44.6 Å².